The first kappa shape index (κ1) is 21.9. The van der Waals surface area contributed by atoms with Gasteiger partial charge in [0.05, 0.1) is 11.3 Å². The van der Waals surface area contributed by atoms with Gasteiger partial charge in [-0.2, -0.15) is 5.26 Å². The van der Waals surface area contributed by atoms with E-state index in [1.54, 1.807) is 12.4 Å². The fraction of sp³-hybridized carbons (Fsp3) is 0.308. The molecule has 2 aliphatic rings. The van der Waals surface area contributed by atoms with Crippen LogP contribution in [0.25, 0.3) is 17.0 Å². The first-order chi connectivity index (χ1) is 16.7. The Morgan fingerprint density at radius 2 is 1.88 bits per heavy atom. The second kappa shape index (κ2) is 9.89. The number of hydrogen-bond donors (Lipinski definition) is 2. The van der Waals surface area contributed by atoms with Gasteiger partial charge in [-0.3, -0.25) is 0 Å². The van der Waals surface area contributed by atoms with Crippen molar-refractivity contribution in [3.05, 3.63) is 66.5 Å². The van der Waals surface area contributed by atoms with Gasteiger partial charge in [0.25, 0.3) is 0 Å². The van der Waals surface area contributed by atoms with Crippen molar-refractivity contribution in [3.63, 3.8) is 0 Å². The highest BCUT2D eigenvalue weighted by Gasteiger charge is 2.18. The third-order valence-corrected chi connectivity index (χ3v) is 6.29. The van der Waals surface area contributed by atoms with Gasteiger partial charge in [0.2, 0.25) is 5.95 Å². The van der Waals surface area contributed by atoms with Crippen molar-refractivity contribution in [2.24, 2.45) is 0 Å². The number of anilines is 3. The third-order valence-electron chi connectivity index (χ3n) is 6.29. The summed E-state index contributed by atoms with van der Waals surface area (Å²) in [6.45, 7) is 10.1. The molecule has 0 atom stereocenters. The Labute approximate surface area is 200 Å². The molecule has 0 unspecified atom stereocenters. The summed E-state index contributed by atoms with van der Waals surface area (Å²) in [6.07, 6.45) is 5.78. The molecular weight excluding hydrogens is 424 g/mol. The van der Waals surface area contributed by atoms with Crippen molar-refractivity contribution >= 4 is 23.2 Å². The molecule has 34 heavy (non-hydrogen) atoms. The number of aromatic nitrogens is 3. The maximum absolute atomic E-state index is 9.69. The standard InChI is InChI=1S/C26H28N8/c1-19(33-13-9-28-10-14-33)20-5-4-6-23(16-20)31-26-29-8-7-24(32-26)22-15-21(17-27)25(30-18-22)34-11-2-3-12-34/h4-8,15-16,18,28H,1-3,9-14H2,(H,29,31,32). The van der Waals surface area contributed by atoms with E-state index in [-0.39, 0.29) is 0 Å². The molecule has 2 aliphatic heterocycles. The van der Waals surface area contributed by atoms with E-state index in [2.05, 4.69) is 60.2 Å². The number of nitrogens with zero attached hydrogens (tertiary/aromatic N) is 6. The maximum Gasteiger partial charge on any atom is 0.227 e. The number of hydrogen-bond acceptors (Lipinski definition) is 8. The van der Waals surface area contributed by atoms with Crippen LogP contribution in [0.3, 0.4) is 0 Å². The molecule has 2 fully saturated rings. The number of piperazine rings is 1. The van der Waals surface area contributed by atoms with Gasteiger partial charge < -0.3 is 20.4 Å². The van der Waals surface area contributed by atoms with Crippen LogP contribution in [0.15, 0.2) is 55.4 Å². The van der Waals surface area contributed by atoms with Crippen LogP contribution in [0.5, 0.6) is 0 Å². The number of benzene rings is 1. The van der Waals surface area contributed by atoms with E-state index in [1.807, 2.05) is 24.3 Å². The second-order valence-corrected chi connectivity index (χ2v) is 8.56. The van der Waals surface area contributed by atoms with Gasteiger partial charge >= 0.3 is 0 Å². The van der Waals surface area contributed by atoms with Gasteiger partial charge in [0, 0.05) is 68.6 Å². The number of pyridine rings is 1. The first-order valence-electron chi connectivity index (χ1n) is 11.7. The van der Waals surface area contributed by atoms with Crippen molar-refractivity contribution < 1.29 is 0 Å². The molecular formula is C26H28N8. The smallest absolute Gasteiger partial charge is 0.227 e. The van der Waals surface area contributed by atoms with Gasteiger partial charge in [-0.25, -0.2) is 15.0 Å². The highest BCUT2D eigenvalue weighted by atomic mass is 15.2. The van der Waals surface area contributed by atoms with Crippen LogP contribution in [-0.2, 0) is 0 Å². The zero-order chi connectivity index (χ0) is 23.3. The molecule has 8 heteroatoms. The number of nitrogens with one attached hydrogen (secondary N) is 2. The summed E-state index contributed by atoms with van der Waals surface area (Å²) in [5, 5.41) is 16.4. The Balaban J connectivity index is 1.35. The lowest BCUT2D eigenvalue weighted by molar-refractivity contribution is 0.341. The van der Waals surface area contributed by atoms with E-state index in [0.717, 1.165) is 86.1 Å². The summed E-state index contributed by atoms with van der Waals surface area (Å²) in [6, 6.07) is 14.1. The molecule has 0 radical (unpaired) electrons. The van der Waals surface area contributed by atoms with Crippen LogP contribution >= 0.6 is 0 Å². The lowest BCUT2D eigenvalue weighted by atomic mass is 10.1. The maximum atomic E-state index is 9.69. The molecule has 0 saturated carbocycles. The summed E-state index contributed by atoms with van der Waals surface area (Å²) in [5.74, 6) is 1.25. The van der Waals surface area contributed by atoms with Crippen LogP contribution in [0.1, 0.15) is 24.0 Å². The van der Waals surface area contributed by atoms with Gasteiger partial charge in [0.1, 0.15) is 11.9 Å². The highest BCUT2D eigenvalue weighted by Crippen LogP contribution is 2.27. The van der Waals surface area contributed by atoms with Crippen molar-refractivity contribution in [1.29, 1.82) is 5.26 Å². The van der Waals surface area contributed by atoms with Gasteiger partial charge in [-0.15, -0.1) is 0 Å². The molecule has 0 bridgehead atoms. The Hall–Kier alpha value is -3.96. The van der Waals surface area contributed by atoms with Crippen LogP contribution in [-0.4, -0.2) is 59.1 Å². The Bertz CT molecular complexity index is 1220. The average molecular weight is 453 g/mol. The largest absolute Gasteiger partial charge is 0.369 e. The monoisotopic (exact) mass is 452 g/mol. The highest BCUT2D eigenvalue weighted by molar-refractivity contribution is 5.69. The molecule has 2 aromatic heterocycles. The lowest BCUT2D eigenvalue weighted by Gasteiger charge is -2.31. The summed E-state index contributed by atoms with van der Waals surface area (Å²) < 4.78 is 0. The molecule has 172 valence electrons. The van der Waals surface area contributed by atoms with Crippen LogP contribution in [0, 0.1) is 11.3 Å². The van der Waals surface area contributed by atoms with E-state index in [1.165, 1.54) is 0 Å². The average Bonchev–Trinajstić information content (AvgIpc) is 3.43. The fourth-order valence-corrected chi connectivity index (χ4v) is 4.46. The summed E-state index contributed by atoms with van der Waals surface area (Å²) in [7, 11) is 0. The quantitative estimate of drug-likeness (QED) is 0.586. The summed E-state index contributed by atoms with van der Waals surface area (Å²) >= 11 is 0. The summed E-state index contributed by atoms with van der Waals surface area (Å²) in [4.78, 5) is 18.2. The molecule has 0 spiro atoms. The predicted molar refractivity (Wildman–Crippen MR) is 135 cm³/mol. The molecule has 1 aromatic carbocycles. The zero-order valence-corrected chi connectivity index (χ0v) is 19.2. The van der Waals surface area contributed by atoms with Crippen LogP contribution < -0.4 is 15.5 Å². The molecule has 5 rings (SSSR count). The molecule has 0 aliphatic carbocycles. The van der Waals surface area contributed by atoms with Crippen molar-refractivity contribution in [1.82, 2.24) is 25.2 Å². The van der Waals surface area contributed by atoms with E-state index in [9.17, 15) is 5.26 Å². The van der Waals surface area contributed by atoms with Gasteiger partial charge in [0.15, 0.2) is 0 Å². The van der Waals surface area contributed by atoms with E-state index >= 15 is 0 Å². The third kappa shape index (κ3) is 4.70. The fourth-order valence-electron chi connectivity index (χ4n) is 4.46. The molecule has 3 aromatic rings. The minimum Gasteiger partial charge on any atom is -0.369 e. The normalized spacial score (nSPS) is 15.7. The minimum atomic E-state index is 0.490. The van der Waals surface area contributed by atoms with Crippen LogP contribution in [0.2, 0.25) is 0 Å². The van der Waals surface area contributed by atoms with Gasteiger partial charge in [-0.1, -0.05) is 18.7 Å². The number of nitriles is 1. The molecule has 4 heterocycles. The van der Waals surface area contributed by atoms with E-state index < -0.39 is 0 Å². The second-order valence-electron chi connectivity index (χ2n) is 8.56. The molecule has 2 N–H and O–H groups in total. The van der Waals surface area contributed by atoms with Crippen LogP contribution in [0.4, 0.5) is 17.5 Å². The molecule has 0 amide bonds. The predicted octanol–water partition coefficient (Wildman–Crippen LogP) is 3.63. The van der Waals surface area contributed by atoms with E-state index in [0.29, 0.717) is 11.5 Å². The van der Waals surface area contributed by atoms with Gasteiger partial charge in [-0.05, 0) is 42.7 Å². The Morgan fingerprint density at radius 1 is 1.06 bits per heavy atom. The topological polar surface area (TPSA) is 93.0 Å². The Kier molecular flexibility index (Phi) is 6.36. The Morgan fingerprint density at radius 3 is 2.68 bits per heavy atom. The van der Waals surface area contributed by atoms with E-state index in [4.69, 9.17) is 0 Å². The minimum absolute atomic E-state index is 0.490. The molecule has 8 nitrogen and oxygen atoms in total. The SMILES string of the molecule is C=C(c1cccc(Nc2nccc(-c3cnc(N4CCCC4)c(C#N)c3)n2)c1)N1CCNCC1. The zero-order valence-electron chi connectivity index (χ0n) is 19.2. The number of rotatable bonds is 6. The van der Waals surface area contributed by atoms with Crippen molar-refractivity contribution in [2.75, 3.05) is 49.5 Å². The van der Waals surface area contributed by atoms with Crippen molar-refractivity contribution in [2.45, 2.75) is 12.8 Å². The first-order valence-corrected chi connectivity index (χ1v) is 11.7. The lowest BCUT2D eigenvalue weighted by Crippen LogP contribution is -2.42. The summed E-state index contributed by atoms with van der Waals surface area (Å²) in [5.41, 5.74) is 5.08. The molecule has 2 saturated heterocycles. The van der Waals surface area contributed by atoms with Crippen molar-refractivity contribution in [3.8, 4) is 17.3 Å².